The van der Waals surface area contributed by atoms with Gasteiger partial charge in [-0.3, -0.25) is 24.0 Å². The molecule has 12 heteroatoms. The Bertz CT molecular complexity index is 625. The molecule has 0 aromatic carbocycles. The van der Waals surface area contributed by atoms with Crippen molar-refractivity contribution in [3.8, 4) is 0 Å². The lowest BCUT2D eigenvalue weighted by atomic mass is 9.97. The van der Waals surface area contributed by atoms with Gasteiger partial charge in [0.1, 0.15) is 18.6 Å². The van der Waals surface area contributed by atoms with Crippen molar-refractivity contribution in [2.45, 2.75) is 58.3 Å². The number of alkyl halides is 1. The van der Waals surface area contributed by atoms with Crippen LogP contribution in [0.1, 0.15) is 27.7 Å². The van der Waals surface area contributed by atoms with Crippen molar-refractivity contribution >= 4 is 41.4 Å². The molecule has 0 aromatic heterocycles. The van der Waals surface area contributed by atoms with Gasteiger partial charge in [-0.15, -0.1) is 11.6 Å². The first-order chi connectivity index (χ1) is 13.0. The smallest absolute Gasteiger partial charge is 0.303 e. The van der Waals surface area contributed by atoms with E-state index in [0.29, 0.717) is 0 Å². The van der Waals surface area contributed by atoms with Gasteiger partial charge in [0.2, 0.25) is 5.91 Å². The number of amides is 1. The molecule has 1 N–H and O–H groups in total. The molecule has 1 aliphatic heterocycles. The van der Waals surface area contributed by atoms with Crippen LogP contribution in [0.2, 0.25) is 0 Å². The van der Waals surface area contributed by atoms with E-state index < -0.39 is 66.3 Å². The zero-order chi connectivity index (χ0) is 21.4. The van der Waals surface area contributed by atoms with Crippen molar-refractivity contribution in [1.29, 1.82) is 0 Å². The first-order valence-corrected chi connectivity index (χ1v) is 8.74. The summed E-state index contributed by atoms with van der Waals surface area (Å²) in [6.45, 7) is 4.07. The molecule has 1 amide bonds. The summed E-state index contributed by atoms with van der Waals surface area (Å²) in [5.41, 5.74) is 0. The zero-order valence-corrected chi connectivity index (χ0v) is 16.5. The third kappa shape index (κ3) is 7.31. The molecule has 1 heterocycles. The molecule has 0 spiro atoms. The number of hydrogen-bond donors (Lipinski definition) is 1. The van der Waals surface area contributed by atoms with E-state index in [1.165, 1.54) is 0 Å². The second-order valence-corrected chi connectivity index (χ2v) is 6.09. The fraction of sp³-hybridized carbons (Fsp3) is 0.688. The molecule has 28 heavy (non-hydrogen) atoms. The Kier molecular flexibility index (Phi) is 9.13. The molecular formula is C16H22ClNO10. The highest BCUT2D eigenvalue weighted by Gasteiger charge is 2.52. The van der Waals surface area contributed by atoms with E-state index in [1.807, 2.05) is 0 Å². The number of ether oxygens (including phenoxy) is 5. The van der Waals surface area contributed by atoms with Gasteiger partial charge >= 0.3 is 23.9 Å². The van der Waals surface area contributed by atoms with Gasteiger partial charge < -0.3 is 29.0 Å². The van der Waals surface area contributed by atoms with Gasteiger partial charge in [-0.2, -0.15) is 0 Å². The molecule has 1 fully saturated rings. The van der Waals surface area contributed by atoms with Gasteiger partial charge in [-0.25, -0.2) is 0 Å². The molecule has 11 nitrogen and oxygen atoms in total. The zero-order valence-electron chi connectivity index (χ0n) is 15.8. The van der Waals surface area contributed by atoms with Gasteiger partial charge in [-0.05, 0) is 0 Å². The quantitative estimate of drug-likeness (QED) is 0.321. The summed E-state index contributed by atoms with van der Waals surface area (Å²) in [6.07, 6.45) is -6.43. The SMILES string of the molecule is CC(=O)OC[C@H]1O[C@@H](NC(=O)CCl)[C@H](OC(C)=O)[C@@H](OC(C)=O)[C@@H]1OC(C)=O. The monoisotopic (exact) mass is 423 g/mol. The summed E-state index contributed by atoms with van der Waals surface area (Å²) in [6, 6.07) is 0. The van der Waals surface area contributed by atoms with Gasteiger partial charge in [-0.1, -0.05) is 0 Å². The van der Waals surface area contributed by atoms with Gasteiger partial charge in [0.05, 0.1) is 0 Å². The highest BCUT2D eigenvalue weighted by Crippen LogP contribution is 2.28. The van der Waals surface area contributed by atoms with E-state index >= 15 is 0 Å². The first-order valence-electron chi connectivity index (χ1n) is 8.21. The van der Waals surface area contributed by atoms with Crippen LogP contribution in [0.15, 0.2) is 0 Å². The third-order valence-electron chi connectivity index (χ3n) is 3.42. The van der Waals surface area contributed by atoms with Crippen molar-refractivity contribution in [2.24, 2.45) is 0 Å². The predicted molar refractivity (Wildman–Crippen MR) is 90.8 cm³/mol. The summed E-state index contributed by atoms with van der Waals surface area (Å²) >= 11 is 5.48. The van der Waals surface area contributed by atoms with Gasteiger partial charge in [0.25, 0.3) is 0 Å². The average Bonchev–Trinajstić information content (AvgIpc) is 2.57. The van der Waals surface area contributed by atoms with Crippen LogP contribution in [0.5, 0.6) is 0 Å². The summed E-state index contributed by atoms with van der Waals surface area (Å²) in [4.78, 5) is 57.6. The van der Waals surface area contributed by atoms with Crippen molar-refractivity contribution in [1.82, 2.24) is 5.32 Å². The normalized spacial score (nSPS) is 26.5. The van der Waals surface area contributed by atoms with Crippen LogP contribution in [0.25, 0.3) is 0 Å². The van der Waals surface area contributed by atoms with E-state index in [0.717, 1.165) is 27.7 Å². The Labute approximate surface area is 165 Å². The van der Waals surface area contributed by atoms with Crippen LogP contribution < -0.4 is 5.32 Å². The van der Waals surface area contributed by atoms with Crippen molar-refractivity contribution in [3.05, 3.63) is 0 Å². The van der Waals surface area contributed by atoms with E-state index in [9.17, 15) is 24.0 Å². The Morgan fingerprint density at radius 3 is 1.79 bits per heavy atom. The van der Waals surface area contributed by atoms with E-state index in [2.05, 4.69) is 5.32 Å². The molecule has 1 saturated heterocycles. The van der Waals surface area contributed by atoms with E-state index in [-0.39, 0.29) is 6.61 Å². The highest BCUT2D eigenvalue weighted by molar-refractivity contribution is 6.27. The van der Waals surface area contributed by atoms with E-state index in [4.69, 9.17) is 35.3 Å². The predicted octanol–water partition coefficient (Wildman–Crippen LogP) is -0.575. The minimum atomic E-state index is -1.36. The van der Waals surface area contributed by atoms with Crippen LogP contribution in [0, 0.1) is 0 Å². The minimum Gasteiger partial charge on any atom is -0.463 e. The summed E-state index contributed by atoms with van der Waals surface area (Å²) in [5, 5.41) is 2.38. The number of carbonyl (C=O) groups is 5. The fourth-order valence-electron chi connectivity index (χ4n) is 2.54. The standard InChI is InChI=1S/C16H22ClNO10/c1-7(19)24-6-11-13(25-8(2)20)14(26-9(3)21)15(27-10(4)22)16(28-11)18-12(23)5-17/h11,13-16H,5-6H2,1-4H3,(H,18,23)/t11-,13-,14+,15-,16-/m1/s1. The number of hydrogen-bond acceptors (Lipinski definition) is 10. The lowest BCUT2D eigenvalue weighted by Crippen LogP contribution is -2.66. The molecular weight excluding hydrogens is 402 g/mol. The Balaban J connectivity index is 3.30. The molecule has 0 bridgehead atoms. The highest BCUT2D eigenvalue weighted by atomic mass is 35.5. The fourth-order valence-corrected chi connectivity index (χ4v) is 2.62. The molecule has 0 saturated carbocycles. The largest absolute Gasteiger partial charge is 0.463 e. The maximum absolute atomic E-state index is 11.7. The maximum Gasteiger partial charge on any atom is 0.303 e. The lowest BCUT2D eigenvalue weighted by Gasteiger charge is -2.44. The van der Waals surface area contributed by atoms with Crippen molar-refractivity contribution < 1.29 is 47.7 Å². The summed E-state index contributed by atoms with van der Waals surface area (Å²) < 4.78 is 26.1. The van der Waals surface area contributed by atoms with Crippen LogP contribution in [-0.2, 0) is 47.7 Å². The third-order valence-corrected chi connectivity index (χ3v) is 3.66. The van der Waals surface area contributed by atoms with Crippen molar-refractivity contribution in [3.63, 3.8) is 0 Å². The number of carbonyl (C=O) groups excluding carboxylic acids is 5. The summed E-state index contributed by atoms with van der Waals surface area (Å²) in [7, 11) is 0. The van der Waals surface area contributed by atoms with Gasteiger partial charge in [0.15, 0.2) is 24.5 Å². The number of halogens is 1. The molecule has 0 unspecified atom stereocenters. The molecule has 0 radical (unpaired) electrons. The number of nitrogens with one attached hydrogen (secondary N) is 1. The topological polar surface area (TPSA) is 144 Å². The maximum atomic E-state index is 11.7. The van der Waals surface area contributed by atoms with Crippen LogP contribution in [-0.4, -0.2) is 72.9 Å². The molecule has 1 aliphatic rings. The Morgan fingerprint density at radius 2 is 1.32 bits per heavy atom. The van der Waals surface area contributed by atoms with Crippen LogP contribution in [0.3, 0.4) is 0 Å². The molecule has 0 aliphatic carbocycles. The first kappa shape index (κ1) is 23.6. The minimum absolute atomic E-state index is 0.384. The average molecular weight is 424 g/mol. The molecule has 158 valence electrons. The Morgan fingerprint density at radius 1 is 0.821 bits per heavy atom. The van der Waals surface area contributed by atoms with Crippen molar-refractivity contribution in [2.75, 3.05) is 12.5 Å². The Hall–Kier alpha value is -2.40. The second-order valence-electron chi connectivity index (χ2n) is 5.82. The van der Waals surface area contributed by atoms with Gasteiger partial charge in [0, 0.05) is 27.7 Å². The summed E-state index contributed by atoms with van der Waals surface area (Å²) in [5.74, 6) is -4.01. The molecule has 0 aromatic rings. The molecule has 5 atom stereocenters. The molecule has 1 rings (SSSR count). The van der Waals surface area contributed by atoms with Crippen LogP contribution >= 0.6 is 11.6 Å². The van der Waals surface area contributed by atoms with Crippen LogP contribution in [0.4, 0.5) is 0 Å². The number of rotatable bonds is 7. The second kappa shape index (κ2) is 10.8. The van der Waals surface area contributed by atoms with E-state index in [1.54, 1.807) is 0 Å². The lowest BCUT2D eigenvalue weighted by molar-refractivity contribution is -0.256. The number of esters is 4.